The molecule has 0 radical (unpaired) electrons. The molecule has 0 bridgehead atoms. The fourth-order valence-corrected chi connectivity index (χ4v) is 0.785. The average Bonchev–Trinajstić information content (AvgIpc) is 2.29. The Morgan fingerprint density at radius 2 is 1.33 bits per heavy atom. The summed E-state index contributed by atoms with van der Waals surface area (Å²) in [5.74, 6) is -3.32. The van der Waals surface area contributed by atoms with Gasteiger partial charge in [0.25, 0.3) is 0 Å². The molecule has 0 aliphatic carbocycles. The Bertz CT molecular complexity index is 453. The van der Waals surface area contributed by atoms with Gasteiger partial charge in [0.15, 0.2) is 0 Å². The minimum Gasteiger partial charge on any atom is -0.478 e. The number of benzene rings is 1. The molecule has 0 saturated carbocycles. The number of rotatable bonds is 3. The van der Waals surface area contributed by atoms with Gasteiger partial charge in [-0.15, -0.1) is 12.6 Å². The maximum Gasteiger partial charge on any atom is 0.341 e. The predicted octanol–water partition coefficient (Wildman–Crippen LogP) is 1.60. The summed E-state index contributed by atoms with van der Waals surface area (Å²) in [4.78, 5) is 30.2. The van der Waals surface area contributed by atoms with Crippen molar-refractivity contribution in [1.29, 1.82) is 0 Å². The van der Waals surface area contributed by atoms with Crippen LogP contribution >= 0.6 is 12.6 Å². The number of carboxylic acids is 3. The van der Waals surface area contributed by atoms with Crippen LogP contribution in [0.5, 0.6) is 0 Å². The van der Waals surface area contributed by atoms with Crippen LogP contribution in [0.15, 0.2) is 35.7 Å². The van der Waals surface area contributed by atoms with Gasteiger partial charge < -0.3 is 15.3 Å². The first-order valence-corrected chi connectivity index (χ1v) is 4.88. The molecule has 0 fully saturated rings. The number of aromatic carboxylic acids is 2. The molecular formula is C11H10O6S. The highest BCUT2D eigenvalue weighted by molar-refractivity contribution is 7.85. The van der Waals surface area contributed by atoms with E-state index in [0.717, 1.165) is 6.07 Å². The van der Waals surface area contributed by atoms with E-state index in [1.807, 2.05) is 0 Å². The Morgan fingerprint density at radius 1 is 1.00 bits per heavy atom. The second-order valence-corrected chi connectivity index (χ2v) is 3.48. The van der Waals surface area contributed by atoms with E-state index >= 15 is 0 Å². The molecular weight excluding hydrogens is 260 g/mol. The number of thiol groups is 1. The van der Waals surface area contributed by atoms with E-state index in [1.54, 1.807) is 0 Å². The molecule has 18 heavy (non-hydrogen) atoms. The van der Waals surface area contributed by atoms with Gasteiger partial charge >= 0.3 is 17.9 Å². The molecule has 96 valence electrons. The normalized spacial score (nSPS) is 8.72. The molecule has 0 unspecified atom stereocenters. The van der Waals surface area contributed by atoms with Crippen LogP contribution < -0.4 is 0 Å². The lowest BCUT2D eigenvalue weighted by molar-refractivity contribution is -0.131. The Morgan fingerprint density at radius 3 is 1.56 bits per heavy atom. The monoisotopic (exact) mass is 270 g/mol. The van der Waals surface area contributed by atoms with E-state index in [1.165, 1.54) is 18.2 Å². The lowest BCUT2D eigenvalue weighted by Crippen LogP contribution is -2.01. The van der Waals surface area contributed by atoms with Gasteiger partial charge in [0.05, 0.1) is 16.0 Å². The number of hydrogen-bond donors (Lipinski definition) is 4. The fraction of sp³-hybridized carbons (Fsp3) is 0. The third kappa shape index (κ3) is 5.71. The number of aliphatic carboxylic acids is 1. The molecule has 1 rings (SSSR count). The summed E-state index contributed by atoms with van der Waals surface area (Å²) < 4.78 is 0. The van der Waals surface area contributed by atoms with Crippen LogP contribution in [0.2, 0.25) is 0 Å². The van der Waals surface area contributed by atoms with Gasteiger partial charge in [0.2, 0.25) is 0 Å². The van der Waals surface area contributed by atoms with E-state index < -0.39 is 17.9 Å². The van der Waals surface area contributed by atoms with Crippen molar-refractivity contribution >= 4 is 30.5 Å². The standard InChI is InChI=1S/C8H6O4.C3H4O2S/c9-7(10)5-2-1-3-6(4-5)8(11)12;1-2(6)3(4)5/h1-4H,(H,9,10)(H,11,12);6H,1H2,(H,4,5). The Balaban J connectivity index is 0.000000411. The molecule has 6 nitrogen and oxygen atoms in total. The molecule has 0 aromatic heterocycles. The van der Waals surface area contributed by atoms with Crippen molar-refractivity contribution in [1.82, 2.24) is 0 Å². The molecule has 0 amide bonds. The van der Waals surface area contributed by atoms with E-state index in [2.05, 4.69) is 19.2 Å². The second kappa shape index (κ2) is 7.13. The number of carbonyl (C=O) groups is 3. The first-order chi connectivity index (χ1) is 8.25. The minimum absolute atomic E-state index is 0.0186. The van der Waals surface area contributed by atoms with E-state index in [4.69, 9.17) is 15.3 Å². The van der Waals surface area contributed by atoms with Crippen molar-refractivity contribution in [3.63, 3.8) is 0 Å². The SMILES string of the molecule is C=C(S)C(=O)O.O=C(O)c1cccc(C(=O)O)c1. The van der Waals surface area contributed by atoms with Gasteiger partial charge in [-0.05, 0) is 18.2 Å². The topological polar surface area (TPSA) is 112 Å². The molecule has 0 aliphatic heterocycles. The van der Waals surface area contributed by atoms with Crippen molar-refractivity contribution in [3.05, 3.63) is 46.9 Å². The number of hydrogen-bond acceptors (Lipinski definition) is 4. The van der Waals surface area contributed by atoms with Gasteiger partial charge in [-0.1, -0.05) is 12.6 Å². The van der Waals surface area contributed by atoms with Crippen molar-refractivity contribution in [3.8, 4) is 0 Å². The molecule has 0 atom stereocenters. The predicted molar refractivity (Wildman–Crippen MR) is 66.1 cm³/mol. The van der Waals surface area contributed by atoms with Crippen LogP contribution in [0.1, 0.15) is 20.7 Å². The lowest BCUT2D eigenvalue weighted by Gasteiger charge is -1.95. The highest BCUT2D eigenvalue weighted by atomic mass is 32.1. The van der Waals surface area contributed by atoms with Crippen molar-refractivity contribution in [2.45, 2.75) is 0 Å². The summed E-state index contributed by atoms with van der Waals surface area (Å²) >= 11 is 3.40. The van der Waals surface area contributed by atoms with Crippen LogP contribution in [0.25, 0.3) is 0 Å². The largest absolute Gasteiger partial charge is 0.478 e. The number of carboxylic acid groups (broad SMARTS) is 3. The Labute approximate surface area is 108 Å². The summed E-state index contributed by atoms with van der Waals surface area (Å²) in [6.45, 7) is 3.02. The maximum absolute atomic E-state index is 10.4. The first kappa shape index (κ1) is 15.7. The molecule has 1 aromatic rings. The third-order valence-corrected chi connectivity index (χ3v) is 1.79. The molecule has 1 aromatic carbocycles. The molecule has 7 heteroatoms. The molecule has 0 spiro atoms. The molecule has 3 N–H and O–H groups in total. The Kier molecular flexibility index (Phi) is 6.22. The average molecular weight is 270 g/mol. The van der Waals surface area contributed by atoms with E-state index in [-0.39, 0.29) is 16.0 Å². The van der Waals surface area contributed by atoms with Gasteiger partial charge in [0, 0.05) is 0 Å². The zero-order valence-corrected chi connectivity index (χ0v) is 9.92. The van der Waals surface area contributed by atoms with Crippen LogP contribution in [-0.2, 0) is 4.79 Å². The van der Waals surface area contributed by atoms with E-state index in [9.17, 15) is 14.4 Å². The van der Waals surface area contributed by atoms with Crippen LogP contribution in [-0.4, -0.2) is 33.2 Å². The summed E-state index contributed by atoms with van der Waals surface area (Å²) in [5, 5.41) is 24.8. The summed E-state index contributed by atoms with van der Waals surface area (Å²) in [5.41, 5.74) is -0.0372. The minimum atomic E-state index is -1.13. The van der Waals surface area contributed by atoms with Crippen LogP contribution in [0.4, 0.5) is 0 Å². The fourth-order valence-electron chi connectivity index (χ4n) is 0.785. The van der Waals surface area contributed by atoms with Crippen molar-refractivity contribution < 1.29 is 29.7 Å². The highest BCUT2D eigenvalue weighted by Gasteiger charge is 2.06. The summed E-state index contributed by atoms with van der Waals surface area (Å²) in [6, 6.07) is 5.20. The Hall–Kier alpha value is -2.28. The second-order valence-electron chi connectivity index (χ2n) is 2.94. The summed E-state index contributed by atoms with van der Waals surface area (Å²) in [7, 11) is 0. The zero-order valence-electron chi connectivity index (χ0n) is 9.03. The smallest absolute Gasteiger partial charge is 0.341 e. The van der Waals surface area contributed by atoms with Crippen LogP contribution in [0.3, 0.4) is 0 Å². The highest BCUT2D eigenvalue weighted by Crippen LogP contribution is 2.04. The first-order valence-electron chi connectivity index (χ1n) is 4.43. The molecule has 0 aliphatic rings. The molecule has 0 saturated heterocycles. The lowest BCUT2D eigenvalue weighted by atomic mass is 10.1. The van der Waals surface area contributed by atoms with E-state index in [0.29, 0.717) is 0 Å². The van der Waals surface area contributed by atoms with Crippen molar-refractivity contribution in [2.24, 2.45) is 0 Å². The van der Waals surface area contributed by atoms with Crippen LogP contribution in [0, 0.1) is 0 Å². The zero-order chi connectivity index (χ0) is 14.3. The van der Waals surface area contributed by atoms with Gasteiger partial charge in [-0.2, -0.15) is 0 Å². The third-order valence-electron chi connectivity index (χ3n) is 1.60. The van der Waals surface area contributed by atoms with Gasteiger partial charge in [-0.25, -0.2) is 14.4 Å². The quantitative estimate of drug-likeness (QED) is 0.490. The maximum atomic E-state index is 10.4. The summed E-state index contributed by atoms with van der Waals surface area (Å²) in [6.07, 6.45) is 0. The van der Waals surface area contributed by atoms with Crippen molar-refractivity contribution in [2.75, 3.05) is 0 Å². The molecule has 0 heterocycles. The van der Waals surface area contributed by atoms with Gasteiger partial charge in [-0.3, -0.25) is 0 Å². The van der Waals surface area contributed by atoms with Gasteiger partial charge in [0.1, 0.15) is 0 Å².